The molecule has 2 aliphatic heterocycles. The number of rotatable bonds is 4. The van der Waals surface area contributed by atoms with Crippen molar-refractivity contribution in [3.8, 4) is 5.75 Å². The van der Waals surface area contributed by atoms with Gasteiger partial charge in [0.25, 0.3) is 5.69 Å². The van der Waals surface area contributed by atoms with E-state index in [-0.39, 0.29) is 10.8 Å². The van der Waals surface area contributed by atoms with E-state index in [2.05, 4.69) is 15.0 Å². The van der Waals surface area contributed by atoms with Gasteiger partial charge >= 0.3 is 5.16 Å². The van der Waals surface area contributed by atoms with Gasteiger partial charge in [-0.25, -0.2) is 0 Å². The van der Waals surface area contributed by atoms with Gasteiger partial charge in [-0.15, -0.1) is 0 Å². The zero-order valence-corrected chi connectivity index (χ0v) is 14.5. The highest BCUT2D eigenvalue weighted by Crippen LogP contribution is 2.32. The summed E-state index contributed by atoms with van der Waals surface area (Å²) in [6.07, 6.45) is 4.90. The molecule has 0 bridgehead atoms. The Morgan fingerprint density at radius 3 is 2.77 bits per heavy atom. The number of nitrogens with zero attached hydrogens (tertiary/aromatic N) is 5. The second-order valence-corrected chi connectivity index (χ2v) is 6.88. The van der Waals surface area contributed by atoms with Gasteiger partial charge in [-0.3, -0.25) is 15.1 Å². The smallest absolute Gasteiger partial charge is 0.344 e. The maximum absolute atomic E-state index is 11.7. The summed E-state index contributed by atoms with van der Waals surface area (Å²) in [5.74, 6) is 2.25. The van der Waals surface area contributed by atoms with E-state index in [1.807, 2.05) is 4.90 Å². The SMILES string of the molecule is C[S+]([O-])c1ncc2c(n1)N1CCN=C1C(Oc1ccc([N+](=O)[O-])cc1)=C2. The number of fused-ring (bicyclic) bond motifs is 3. The Hall–Kier alpha value is -2.98. The third kappa shape index (κ3) is 2.89. The molecule has 0 saturated heterocycles. The number of anilines is 1. The largest absolute Gasteiger partial charge is 0.609 e. The first-order chi connectivity index (χ1) is 12.5. The maximum atomic E-state index is 11.7. The van der Waals surface area contributed by atoms with Crippen molar-refractivity contribution < 1.29 is 14.2 Å². The number of hydrogen-bond acceptors (Lipinski definition) is 8. The van der Waals surface area contributed by atoms with Gasteiger partial charge < -0.3 is 14.2 Å². The molecule has 0 fully saturated rings. The fourth-order valence-electron chi connectivity index (χ4n) is 2.73. The fourth-order valence-corrected chi connectivity index (χ4v) is 3.15. The summed E-state index contributed by atoms with van der Waals surface area (Å²) >= 11 is -1.28. The lowest BCUT2D eigenvalue weighted by Gasteiger charge is -2.26. The van der Waals surface area contributed by atoms with Crippen LogP contribution in [0.5, 0.6) is 5.75 Å². The molecule has 1 aromatic heterocycles. The first-order valence-electron chi connectivity index (χ1n) is 7.70. The topological polar surface area (TPSA) is 117 Å². The normalized spacial score (nSPS) is 16.3. The van der Waals surface area contributed by atoms with E-state index >= 15 is 0 Å². The van der Waals surface area contributed by atoms with Crippen molar-refractivity contribution >= 4 is 34.6 Å². The molecule has 26 heavy (non-hydrogen) atoms. The van der Waals surface area contributed by atoms with Crippen LogP contribution in [-0.2, 0) is 11.2 Å². The molecule has 132 valence electrons. The molecular formula is C16H13N5O4S. The number of amidine groups is 1. The lowest BCUT2D eigenvalue weighted by Crippen LogP contribution is -2.34. The molecule has 0 radical (unpaired) electrons. The van der Waals surface area contributed by atoms with Crippen LogP contribution in [-0.4, -0.2) is 44.6 Å². The van der Waals surface area contributed by atoms with Crippen LogP contribution in [0.3, 0.4) is 0 Å². The Balaban J connectivity index is 1.68. The van der Waals surface area contributed by atoms with E-state index in [4.69, 9.17) is 4.74 Å². The van der Waals surface area contributed by atoms with Crippen LogP contribution >= 0.6 is 0 Å². The minimum Gasteiger partial charge on any atom is -0.609 e. The Kier molecular flexibility index (Phi) is 4.05. The molecule has 0 saturated carbocycles. The average Bonchev–Trinajstić information content (AvgIpc) is 3.12. The fraction of sp³-hybridized carbons (Fsp3) is 0.188. The van der Waals surface area contributed by atoms with Gasteiger partial charge in [-0.1, -0.05) is 0 Å². The van der Waals surface area contributed by atoms with Gasteiger partial charge in [-0.05, 0) is 18.2 Å². The molecule has 9 nitrogen and oxygen atoms in total. The van der Waals surface area contributed by atoms with Crippen molar-refractivity contribution in [2.24, 2.45) is 4.99 Å². The van der Waals surface area contributed by atoms with Crippen molar-refractivity contribution in [3.63, 3.8) is 0 Å². The van der Waals surface area contributed by atoms with Crippen molar-refractivity contribution in [1.82, 2.24) is 9.97 Å². The van der Waals surface area contributed by atoms with Gasteiger partial charge in [0.15, 0.2) is 11.6 Å². The molecule has 0 N–H and O–H groups in total. The van der Waals surface area contributed by atoms with E-state index in [9.17, 15) is 14.7 Å². The Bertz CT molecular complexity index is 942. The van der Waals surface area contributed by atoms with E-state index in [0.29, 0.717) is 36.3 Å². The number of non-ortho nitro benzene ring substituents is 1. The molecule has 1 atom stereocenters. The van der Waals surface area contributed by atoms with Crippen LogP contribution < -0.4 is 9.64 Å². The monoisotopic (exact) mass is 371 g/mol. The molecule has 0 spiro atoms. The minimum atomic E-state index is -1.28. The number of nitro benzene ring substituents is 1. The first-order valence-corrected chi connectivity index (χ1v) is 9.25. The van der Waals surface area contributed by atoms with Crippen LogP contribution in [0.4, 0.5) is 11.5 Å². The van der Waals surface area contributed by atoms with Crippen LogP contribution in [0.15, 0.2) is 46.4 Å². The van der Waals surface area contributed by atoms with Gasteiger partial charge in [-0.2, -0.15) is 9.97 Å². The molecule has 2 aromatic rings. The standard InChI is InChI=1S/C16H13N5O4S/c1-26(24)16-18-9-10-8-13(15-17-6-7-20(15)14(10)19-16)25-12-4-2-11(3-5-12)21(22)23/h2-5,8-9H,6-7H2,1H3. The molecule has 2 aliphatic rings. The Morgan fingerprint density at radius 1 is 1.31 bits per heavy atom. The van der Waals surface area contributed by atoms with Crippen LogP contribution in [0, 0.1) is 10.1 Å². The highest BCUT2D eigenvalue weighted by molar-refractivity contribution is 7.90. The average molecular weight is 371 g/mol. The summed E-state index contributed by atoms with van der Waals surface area (Å²) in [6.45, 7) is 1.22. The predicted octanol–water partition coefficient (Wildman–Crippen LogP) is 1.77. The van der Waals surface area contributed by atoms with Gasteiger partial charge in [0.05, 0.1) is 11.5 Å². The zero-order chi connectivity index (χ0) is 18.3. The van der Waals surface area contributed by atoms with Gasteiger partial charge in [0, 0.05) is 41.6 Å². The number of hydrogen-bond donors (Lipinski definition) is 0. The summed E-state index contributed by atoms with van der Waals surface area (Å²) in [5.41, 5.74) is 0.727. The van der Waals surface area contributed by atoms with Crippen molar-refractivity contribution in [3.05, 3.63) is 51.9 Å². The lowest BCUT2D eigenvalue weighted by molar-refractivity contribution is -0.384. The molecule has 1 aromatic carbocycles. The second kappa shape index (κ2) is 6.39. The van der Waals surface area contributed by atoms with E-state index in [1.54, 1.807) is 12.3 Å². The van der Waals surface area contributed by atoms with E-state index in [1.165, 1.54) is 30.5 Å². The summed E-state index contributed by atoms with van der Waals surface area (Å²) in [6, 6.07) is 5.84. The molecule has 3 heterocycles. The first kappa shape index (κ1) is 16.5. The quantitative estimate of drug-likeness (QED) is 0.348. The number of nitro groups is 1. The molecule has 0 aliphatic carbocycles. The molecular weight excluding hydrogens is 358 g/mol. The third-order valence-electron chi connectivity index (χ3n) is 3.91. The second-order valence-electron chi connectivity index (χ2n) is 5.60. The number of aromatic nitrogens is 2. The van der Waals surface area contributed by atoms with Crippen molar-refractivity contribution in [1.29, 1.82) is 0 Å². The Labute approximate surface area is 151 Å². The van der Waals surface area contributed by atoms with E-state index < -0.39 is 16.1 Å². The molecule has 4 rings (SSSR count). The summed E-state index contributed by atoms with van der Waals surface area (Å²) < 4.78 is 17.5. The number of benzene rings is 1. The lowest BCUT2D eigenvalue weighted by atomic mass is 10.1. The summed E-state index contributed by atoms with van der Waals surface area (Å²) in [5, 5.41) is 11.0. The van der Waals surface area contributed by atoms with Crippen LogP contribution in [0.25, 0.3) is 6.08 Å². The minimum absolute atomic E-state index is 0.00588. The predicted molar refractivity (Wildman–Crippen MR) is 95.7 cm³/mol. The highest BCUT2D eigenvalue weighted by atomic mass is 32.2. The number of ether oxygens (including phenoxy) is 1. The van der Waals surface area contributed by atoms with Crippen LogP contribution in [0.1, 0.15) is 5.56 Å². The van der Waals surface area contributed by atoms with Gasteiger partial charge in [0.1, 0.15) is 17.8 Å². The van der Waals surface area contributed by atoms with Crippen LogP contribution in [0.2, 0.25) is 0 Å². The third-order valence-corrected chi connectivity index (χ3v) is 4.62. The summed E-state index contributed by atoms with van der Waals surface area (Å²) in [4.78, 5) is 25.2. The zero-order valence-electron chi connectivity index (χ0n) is 13.7. The summed E-state index contributed by atoms with van der Waals surface area (Å²) in [7, 11) is 0. The molecule has 1 unspecified atom stereocenters. The highest BCUT2D eigenvalue weighted by Gasteiger charge is 2.32. The number of aliphatic imine (C=N–C) groups is 1. The molecule has 0 amide bonds. The van der Waals surface area contributed by atoms with E-state index in [0.717, 1.165) is 5.56 Å². The molecule has 10 heteroatoms. The maximum Gasteiger partial charge on any atom is 0.344 e. The van der Waals surface area contributed by atoms with Crippen molar-refractivity contribution in [2.45, 2.75) is 5.16 Å². The Morgan fingerprint density at radius 2 is 2.08 bits per heavy atom. The van der Waals surface area contributed by atoms with Gasteiger partial charge in [0.2, 0.25) is 0 Å². The van der Waals surface area contributed by atoms with Crippen molar-refractivity contribution in [2.75, 3.05) is 24.2 Å².